The lowest BCUT2D eigenvalue weighted by molar-refractivity contribution is -0.173. The van der Waals surface area contributed by atoms with E-state index in [1.54, 1.807) is 6.92 Å². The van der Waals surface area contributed by atoms with Gasteiger partial charge in [0.25, 0.3) is 0 Å². The van der Waals surface area contributed by atoms with E-state index in [9.17, 15) is 18.0 Å². The van der Waals surface area contributed by atoms with Crippen LogP contribution in [0.1, 0.15) is 29.9 Å². The lowest BCUT2D eigenvalue weighted by Gasteiger charge is -2.31. The summed E-state index contributed by atoms with van der Waals surface area (Å²) in [5.41, 5.74) is -0.393. The average Bonchev–Trinajstić information content (AvgIpc) is 2.58. The van der Waals surface area contributed by atoms with Crippen LogP contribution in [0.25, 0.3) is 0 Å². The molecule has 1 aromatic rings. The van der Waals surface area contributed by atoms with Gasteiger partial charge in [0.05, 0.1) is 0 Å². The third-order valence-corrected chi connectivity index (χ3v) is 2.60. The van der Waals surface area contributed by atoms with E-state index >= 15 is 0 Å². The molecule has 1 aromatic heterocycles. The minimum Gasteiger partial charge on any atom is -0.476 e. The summed E-state index contributed by atoms with van der Waals surface area (Å²) in [5.74, 6) is -1.26. The minimum atomic E-state index is -4.44. The van der Waals surface area contributed by atoms with E-state index in [-0.39, 0.29) is 18.3 Å². The van der Waals surface area contributed by atoms with Crippen molar-refractivity contribution in [2.24, 2.45) is 0 Å². The topological polar surface area (TPSA) is 67.2 Å². The number of hydrogen-bond donors (Lipinski definition) is 2. The summed E-state index contributed by atoms with van der Waals surface area (Å²) in [6, 6.07) is -1.05. The summed E-state index contributed by atoms with van der Waals surface area (Å²) in [6.45, 7) is 1.61. The highest BCUT2D eigenvalue weighted by atomic mass is 19.4. The van der Waals surface area contributed by atoms with Crippen LogP contribution in [0, 0.1) is 0 Å². The third-order valence-electron chi connectivity index (χ3n) is 2.60. The van der Waals surface area contributed by atoms with E-state index < -0.39 is 23.9 Å². The van der Waals surface area contributed by atoms with Crippen molar-refractivity contribution < 1.29 is 23.1 Å². The van der Waals surface area contributed by atoms with Gasteiger partial charge >= 0.3 is 12.1 Å². The number of aromatic carboxylic acids is 1. The van der Waals surface area contributed by atoms with Gasteiger partial charge in [-0.25, -0.2) is 9.48 Å². The van der Waals surface area contributed by atoms with E-state index in [2.05, 4.69) is 10.4 Å². The maximum absolute atomic E-state index is 12.8. The van der Waals surface area contributed by atoms with Crippen LogP contribution in [0.5, 0.6) is 0 Å². The molecule has 0 aromatic carbocycles. The Bertz CT molecular complexity index is 455. The van der Waals surface area contributed by atoms with Gasteiger partial charge in [-0.15, -0.1) is 0 Å². The highest BCUT2D eigenvalue weighted by Gasteiger charge is 2.45. The zero-order chi connectivity index (χ0) is 12.8. The molecule has 0 fully saturated rings. The number of aromatic nitrogens is 2. The average molecular weight is 249 g/mol. The van der Waals surface area contributed by atoms with Gasteiger partial charge in [0, 0.05) is 12.1 Å². The zero-order valence-corrected chi connectivity index (χ0v) is 8.82. The Morgan fingerprint density at radius 1 is 1.65 bits per heavy atom. The van der Waals surface area contributed by atoms with Gasteiger partial charge in [-0.05, 0) is 13.3 Å². The van der Waals surface area contributed by atoms with Crippen LogP contribution < -0.4 is 5.32 Å². The van der Waals surface area contributed by atoms with Gasteiger partial charge in [-0.3, -0.25) is 0 Å². The molecule has 0 bridgehead atoms. The molecule has 0 saturated heterocycles. The highest BCUT2D eigenvalue weighted by Crippen LogP contribution is 2.39. The molecule has 0 aliphatic carbocycles. The Kier molecular flexibility index (Phi) is 2.52. The summed E-state index contributed by atoms with van der Waals surface area (Å²) in [6.07, 6.45) is -4.61. The summed E-state index contributed by atoms with van der Waals surface area (Å²) < 4.78 is 39.0. The van der Waals surface area contributed by atoms with Crippen molar-refractivity contribution in [3.05, 3.63) is 11.8 Å². The molecule has 94 valence electrons. The van der Waals surface area contributed by atoms with Crippen molar-refractivity contribution in [3.8, 4) is 0 Å². The third kappa shape index (κ3) is 2.06. The van der Waals surface area contributed by atoms with E-state index in [0.29, 0.717) is 4.68 Å². The van der Waals surface area contributed by atoms with Gasteiger partial charge in [-0.1, -0.05) is 0 Å². The molecule has 5 nitrogen and oxygen atoms in total. The molecule has 0 saturated carbocycles. The quantitative estimate of drug-likeness (QED) is 0.797. The first kappa shape index (κ1) is 11.7. The predicted molar refractivity (Wildman–Crippen MR) is 52.0 cm³/mol. The van der Waals surface area contributed by atoms with E-state index in [1.165, 1.54) is 0 Å². The molecular formula is C9H10F3N3O2. The molecule has 2 rings (SSSR count). The molecule has 0 radical (unpaired) electrons. The Balaban J connectivity index is 2.45. The molecule has 1 aliphatic heterocycles. The SMILES string of the molecule is C[C@H]1C[C@H](C(F)(F)F)n2nc(C(=O)O)cc2N1. The van der Waals surface area contributed by atoms with Crippen LogP contribution in [0.15, 0.2) is 6.07 Å². The van der Waals surface area contributed by atoms with Gasteiger partial charge in [0.1, 0.15) is 5.82 Å². The van der Waals surface area contributed by atoms with Gasteiger partial charge in [0.2, 0.25) is 0 Å². The molecule has 2 atom stereocenters. The normalized spacial score (nSPS) is 24.0. The van der Waals surface area contributed by atoms with Crippen LogP contribution in [0.2, 0.25) is 0 Å². The summed E-state index contributed by atoms with van der Waals surface area (Å²) in [5, 5.41) is 14.9. The Labute approximate surface area is 94.2 Å². The number of nitrogens with one attached hydrogen (secondary N) is 1. The fourth-order valence-electron chi connectivity index (χ4n) is 1.86. The van der Waals surface area contributed by atoms with Crippen molar-refractivity contribution in [1.82, 2.24) is 9.78 Å². The number of alkyl halides is 3. The van der Waals surface area contributed by atoms with Crippen molar-refractivity contribution in [2.75, 3.05) is 5.32 Å². The maximum atomic E-state index is 12.8. The molecule has 17 heavy (non-hydrogen) atoms. The molecule has 1 aliphatic rings. The number of carbonyl (C=O) groups is 1. The van der Waals surface area contributed by atoms with Crippen LogP contribution in [0.3, 0.4) is 0 Å². The standard InChI is InChI=1S/C9H10F3N3O2/c1-4-2-6(9(10,11)12)15-7(13-4)3-5(14-15)8(16)17/h3-4,6,13H,2H2,1H3,(H,16,17)/t4-,6+/m0/s1. The predicted octanol–water partition coefficient (Wildman–Crippen LogP) is 1.89. The zero-order valence-electron chi connectivity index (χ0n) is 8.82. The Morgan fingerprint density at radius 2 is 2.29 bits per heavy atom. The van der Waals surface area contributed by atoms with E-state index in [4.69, 9.17) is 5.11 Å². The second-order valence-electron chi connectivity index (χ2n) is 4.00. The van der Waals surface area contributed by atoms with Crippen LogP contribution >= 0.6 is 0 Å². The highest BCUT2D eigenvalue weighted by molar-refractivity contribution is 5.86. The minimum absolute atomic E-state index is 0.0866. The number of rotatable bonds is 1. The largest absolute Gasteiger partial charge is 0.476 e. The first-order valence-electron chi connectivity index (χ1n) is 4.95. The van der Waals surface area contributed by atoms with Crippen LogP contribution in [0.4, 0.5) is 19.0 Å². The molecule has 0 unspecified atom stereocenters. The van der Waals surface area contributed by atoms with E-state index in [1.807, 2.05) is 0 Å². The van der Waals surface area contributed by atoms with E-state index in [0.717, 1.165) is 6.07 Å². The number of fused-ring (bicyclic) bond motifs is 1. The van der Waals surface area contributed by atoms with Gasteiger partial charge < -0.3 is 10.4 Å². The van der Waals surface area contributed by atoms with Crippen molar-refractivity contribution in [1.29, 1.82) is 0 Å². The molecule has 2 heterocycles. The second kappa shape index (κ2) is 3.64. The number of halogens is 3. The molecule has 0 spiro atoms. The lowest BCUT2D eigenvalue weighted by Crippen LogP contribution is -2.37. The lowest BCUT2D eigenvalue weighted by atomic mass is 10.1. The first-order valence-corrected chi connectivity index (χ1v) is 4.95. The fraction of sp³-hybridized carbons (Fsp3) is 0.556. The molecule has 2 N–H and O–H groups in total. The van der Waals surface area contributed by atoms with Gasteiger partial charge in [0.15, 0.2) is 11.7 Å². The van der Waals surface area contributed by atoms with Crippen molar-refractivity contribution >= 4 is 11.8 Å². The molecule has 8 heteroatoms. The Morgan fingerprint density at radius 3 is 2.82 bits per heavy atom. The van der Waals surface area contributed by atoms with Crippen molar-refractivity contribution in [2.45, 2.75) is 31.6 Å². The number of nitrogens with zero attached hydrogens (tertiary/aromatic N) is 2. The first-order chi connectivity index (χ1) is 7.79. The van der Waals surface area contributed by atoms with Crippen molar-refractivity contribution in [3.63, 3.8) is 0 Å². The number of carboxylic acids is 1. The summed E-state index contributed by atoms with van der Waals surface area (Å²) in [7, 11) is 0. The number of hydrogen-bond acceptors (Lipinski definition) is 3. The monoisotopic (exact) mass is 249 g/mol. The van der Waals surface area contributed by atoms with Crippen LogP contribution in [-0.4, -0.2) is 33.1 Å². The fourth-order valence-corrected chi connectivity index (χ4v) is 1.86. The number of anilines is 1. The Hall–Kier alpha value is -1.73. The molecular weight excluding hydrogens is 239 g/mol. The summed E-state index contributed by atoms with van der Waals surface area (Å²) >= 11 is 0. The smallest absolute Gasteiger partial charge is 0.410 e. The number of carboxylic acid groups (broad SMARTS) is 1. The molecule has 0 amide bonds. The summed E-state index contributed by atoms with van der Waals surface area (Å²) in [4.78, 5) is 10.7. The maximum Gasteiger partial charge on any atom is 0.410 e. The van der Waals surface area contributed by atoms with Crippen LogP contribution in [-0.2, 0) is 0 Å². The second-order valence-corrected chi connectivity index (χ2v) is 4.00. The van der Waals surface area contributed by atoms with Gasteiger partial charge in [-0.2, -0.15) is 18.3 Å².